The van der Waals surface area contributed by atoms with E-state index in [2.05, 4.69) is 45.4 Å². The molecule has 0 saturated carbocycles. The van der Waals surface area contributed by atoms with Crippen LogP contribution in [0.1, 0.15) is 66.2 Å². The van der Waals surface area contributed by atoms with Crippen molar-refractivity contribution in [2.75, 3.05) is 0 Å². The number of rotatable bonds is 8. The first-order valence-electron chi connectivity index (χ1n) is 7.58. The van der Waals surface area contributed by atoms with E-state index >= 15 is 0 Å². The molecule has 0 bridgehead atoms. The van der Waals surface area contributed by atoms with Gasteiger partial charge in [-0.25, -0.2) is 0 Å². The summed E-state index contributed by atoms with van der Waals surface area (Å²) in [5, 5.41) is 16.7. The molecule has 1 atom stereocenters. The molecule has 0 fully saturated rings. The molecular weight excluding hydrogens is 274 g/mol. The predicted molar refractivity (Wildman–Crippen MR) is 89.3 cm³/mol. The summed E-state index contributed by atoms with van der Waals surface area (Å²) < 4.78 is 0. The van der Waals surface area contributed by atoms with Crippen molar-refractivity contribution >= 4 is 59.2 Å². The van der Waals surface area contributed by atoms with Gasteiger partial charge in [0.2, 0.25) is 0 Å². The fourth-order valence-corrected chi connectivity index (χ4v) is 2.20. The Balaban J connectivity index is -0.000000347. The minimum absolute atomic E-state index is 0. The Morgan fingerprint density at radius 3 is 1.76 bits per heavy atom. The van der Waals surface area contributed by atoms with Gasteiger partial charge in [-0.05, 0) is 0 Å². The summed E-state index contributed by atoms with van der Waals surface area (Å²) in [5.74, 6) is -1.70. The molecule has 1 unspecified atom stereocenters. The predicted octanol–water partition coefficient (Wildman–Crippen LogP) is 3.10. The van der Waals surface area contributed by atoms with Crippen molar-refractivity contribution in [3.63, 3.8) is 0 Å². The number of carboxylic acids is 2. The Hall–Kier alpha value is 0.537. The van der Waals surface area contributed by atoms with Gasteiger partial charge in [-0.1, -0.05) is 0 Å². The van der Waals surface area contributed by atoms with Gasteiger partial charge in [0.1, 0.15) is 6.42 Å². The third-order valence-corrected chi connectivity index (χ3v) is 3.43. The first kappa shape index (κ1) is 26.4. The van der Waals surface area contributed by atoms with Gasteiger partial charge in [-0.2, -0.15) is 0 Å². The molecule has 21 heavy (non-hydrogen) atoms. The third-order valence-electron chi connectivity index (χ3n) is 3.43. The van der Waals surface area contributed by atoms with Crippen LogP contribution in [-0.4, -0.2) is 69.4 Å². The van der Waals surface area contributed by atoms with Gasteiger partial charge in [0, 0.05) is 0 Å². The normalized spacial score (nSPS) is 11.7. The second-order valence-electron chi connectivity index (χ2n) is 6.28. The van der Waals surface area contributed by atoms with Gasteiger partial charge in [0.05, 0.1) is 0 Å². The number of carboxylic acid groups (broad SMARTS) is 2. The van der Waals surface area contributed by atoms with Crippen LogP contribution in [0, 0.1) is 11.3 Å². The van der Waals surface area contributed by atoms with Gasteiger partial charge in [0.25, 0.3) is 0 Å². The first-order valence-corrected chi connectivity index (χ1v) is 7.58. The van der Waals surface area contributed by atoms with Crippen LogP contribution >= 0.6 is 0 Å². The summed E-state index contributed by atoms with van der Waals surface area (Å²) in [7, 11) is 0. The minimum atomic E-state index is -1.31. The molecule has 116 valence electrons. The quantitative estimate of drug-likeness (QED) is 0.410. The third kappa shape index (κ3) is 20.5. The molecular formula is C15H30LiNaO4. The molecule has 0 aliphatic carbocycles. The van der Waals surface area contributed by atoms with E-state index in [1.807, 2.05) is 0 Å². The Morgan fingerprint density at radius 2 is 1.52 bits per heavy atom. The van der Waals surface area contributed by atoms with E-state index in [0.29, 0.717) is 5.41 Å². The van der Waals surface area contributed by atoms with Gasteiger partial charge in [-0.15, -0.1) is 0 Å². The van der Waals surface area contributed by atoms with Crippen LogP contribution in [0.25, 0.3) is 0 Å². The van der Waals surface area contributed by atoms with Crippen molar-refractivity contribution in [3.05, 3.63) is 0 Å². The monoisotopic (exact) mass is 304 g/mol. The van der Waals surface area contributed by atoms with Gasteiger partial charge >= 0.3 is 135 Å². The molecule has 0 amide bonds. The van der Waals surface area contributed by atoms with Crippen molar-refractivity contribution in [2.24, 2.45) is 11.3 Å². The van der Waals surface area contributed by atoms with E-state index in [1.54, 1.807) is 0 Å². The molecule has 4 nitrogen and oxygen atoms in total. The number of hydrogen-bond donors (Lipinski definition) is 2. The van der Waals surface area contributed by atoms with E-state index in [4.69, 9.17) is 10.2 Å². The van der Waals surface area contributed by atoms with Crippen molar-refractivity contribution < 1.29 is 19.8 Å². The Morgan fingerprint density at radius 1 is 1.05 bits per heavy atom. The number of aliphatic carboxylic acids is 2. The van der Waals surface area contributed by atoms with E-state index in [9.17, 15) is 9.59 Å². The maximum atomic E-state index is 9.43. The van der Waals surface area contributed by atoms with Crippen LogP contribution in [0.4, 0.5) is 0 Å². The van der Waals surface area contributed by atoms with E-state index in [-0.39, 0.29) is 29.6 Å². The SMILES string of the molecule is O=C(O)CC(=O)O.[Li][CH2]C(CCCCCC)C(C)(C)C.[NaH]. The summed E-state index contributed by atoms with van der Waals surface area (Å²) in [6.45, 7) is 9.41. The average Bonchev–Trinajstić information content (AvgIpc) is 2.26. The molecule has 0 saturated heterocycles. The summed E-state index contributed by atoms with van der Waals surface area (Å²) in [5.41, 5.74) is 0.515. The maximum absolute atomic E-state index is 9.43. The fraction of sp³-hybridized carbons (Fsp3) is 0.867. The van der Waals surface area contributed by atoms with Crippen LogP contribution in [0.3, 0.4) is 0 Å². The first-order chi connectivity index (χ1) is 9.15. The Bertz CT molecular complexity index is 265. The standard InChI is InChI=1S/C12H25.C3H4O4.Li.Na.H/c1-6-7-8-9-10-11(2)12(3,4)5;4-2(5)1-3(6)7;;;/h11H,2,6-10H2,1,3-5H3;1H2,(H,4,5)(H,6,7);;;. The molecule has 2 N–H and O–H groups in total. The second-order valence-corrected chi connectivity index (χ2v) is 6.28. The van der Waals surface area contributed by atoms with Gasteiger partial charge in [0.15, 0.2) is 0 Å². The van der Waals surface area contributed by atoms with E-state index in [0.717, 1.165) is 5.92 Å². The summed E-state index contributed by atoms with van der Waals surface area (Å²) in [6.07, 6.45) is 6.26. The van der Waals surface area contributed by atoms with Gasteiger partial charge < -0.3 is 10.2 Å². The van der Waals surface area contributed by atoms with Crippen molar-refractivity contribution in [1.29, 1.82) is 0 Å². The topological polar surface area (TPSA) is 74.6 Å². The average molecular weight is 304 g/mol. The number of carbonyl (C=O) groups is 2. The van der Waals surface area contributed by atoms with Crippen LogP contribution < -0.4 is 0 Å². The second kappa shape index (κ2) is 15.4. The molecule has 0 radical (unpaired) electrons. The molecule has 0 aromatic heterocycles. The molecule has 0 aromatic rings. The molecule has 0 aliphatic heterocycles. The van der Waals surface area contributed by atoms with Crippen LogP contribution in [0.5, 0.6) is 0 Å². The number of hydrogen-bond acceptors (Lipinski definition) is 2. The summed E-state index contributed by atoms with van der Waals surface area (Å²) in [6, 6.07) is 0. The van der Waals surface area contributed by atoms with E-state index < -0.39 is 18.4 Å². The molecule has 0 spiro atoms. The van der Waals surface area contributed by atoms with Crippen LogP contribution in [0.2, 0.25) is 5.09 Å². The molecule has 0 aliphatic rings. The van der Waals surface area contributed by atoms with Crippen molar-refractivity contribution in [1.82, 2.24) is 0 Å². The molecule has 0 rings (SSSR count). The summed E-state index contributed by atoms with van der Waals surface area (Å²) in [4.78, 5) is 18.9. The summed E-state index contributed by atoms with van der Waals surface area (Å²) >= 11 is 2.33. The van der Waals surface area contributed by atoms with Gasteiger partial charge in [-0.3, -0.25) is 9.59 Å². The fourth-order valence-electron chi connectivity index (χ4n) is 2.20. The Labute approximate surface area is 161 Å². The number of unbranched alkanes of at least 4 members (excludes halogenated alkanes) is 3. The Kier molecular flexibility index (Phi) is 19.4. The van der Waals surface area contributed by atoms with Crippen LogP contribution in [-0.2, 0) is 9.59 Å². The molecule has 0 heterocycles. The zero-order valence-electron chi connectivity index (χ0n) is 13.7. The van der Waals surface area contributed by atoms with Crippen molar-refractivity contribution in [3.8, 4) is 0 Å². The molecule has 0 aromatic carbocycles. The molecule has 6 heteroatoms. The van der Waals surface area contributed by atoms with E-state index in [1.165, 1.54) is 37.2 Å². The van der Waals surface area contributed by atoms with Crippen molar-refractivity contribution in [2.45, 2.75) is 71.3 Å². The zero-order chi connectivity index (χ0) is 16.2. The van der Waals surface area contributed by atoms with Crippen LogP contribution in [0.15, 0.2) is 0 Å². The zero-order valence-corrected chi connectivity index (χ0v) is 13.7.